The van der Waals surface area contributed by atoms with Crippen LogP contribution in [0.15, 0.2) is 41.0 Å². The van der Waals surface area contributed by atoms with Crippen LogP contribution in [0.25, 0.3) is 0 Å². The van der Waals surface area contributed by atoms with E-state index in [4.69, 9.17) is 9.47 Å². The van der Waals surface area contributed by atoms with Gasteiger partial charge in [-0.2, -0.15) is 5.10 Å². The molecule has 1 amide bonds. The Labute approximate surface area is 118 Å². The van der Waals surface area contributed by atoms with E-state index in [1.807, 2.05) is 18.2 Å². The van der Waals surface area contributed by atoms with E-state index in [-0.39, 0.29) is 12.5 Å². The second-order valence-electron chi connectivity index (χ2n) is 4.57. The third-order valence-electron chi connectivity index (χ3n) is 2.94. The molecule has 0 fully saturated rings. The van der Waals surface area contributed by atoms with E-state index < -0.39 is 0 Å². The molecule has 1 aromatic rings. The highest BCUT2D eigenvalue weighted by Crippen LogP contribution is 2.25. The summed E-state index contributed by atoms with van der Waals surface area (Å²) in [6.45, 7) is 1.95. The van der Waals surface area contributed by atoms with Crippen molar-refractivity contribution in [3.8, 4) is 11.5 Å². The summed E-state index contributed by atoms with van der Waals surface area (Å²) < 4.78 is 10.5. The standard InChI is InChI=1S/C15H18N2O3/c1-11-7-8-12(9-11)16-17-15(18)10-20-14-6-4-3-5-13(14)19-2/h3-6,9H,7-8,10H2,1-2H3,(H,17,18)/b16-12-. The Hall–Kier alpha value is -2.30. The summed E-state index contributed by atoms with van der Waals surface area (Å²) in [7, 11) is 1.56. The number of carbonyl (C=O) groups is 1. The van der Waals surface area contributed by atoms with Crippen LogP contribution in [0.5, 0.6) is 11.5 Å². The van der Waals surface area contributed by atoms with E-state index in [0.717, 1.165) is 18.6 Å². The van der Waals surface area contributed by atoms with Gasteiger partial charge in [0.2, 0.25) is 0 Å². The summed E-state index contributed by atoms with van der Waals surface area (Å²) >= 11 is 0. The Bertz CT molecular complexity index is 550. The second kappa shape index (κ2) is 6.75. The zero-order valence-electron chi connectivity index (χ0n) is 11.7. The quantitative estimate of drug-likeness (QED) is 0.838. The Morgan fingerprint density at radius 3 is 2.70 bits per heavy atom. The topological polar surface area (TPSA) is 59.9 Å². The molecular formula is C15H18N2O3. The van der Waals surface area contributed by atoms with E-state index >= 15 is 0 Å². The number of benzene rings is 1. The second-order valence-corrected chi connectivity index (χ2v) is 4.57. The molecule has 0 heterocycles. The van der Waals surface area contributed by atoms with Gasteiger partial charge in [0.25, 0.3) is 5.91 Å². The molecule has 0 bridgehead atoms. The molecular weight excluding hydrogens is 256 g/mol. The predicted octanol–water partition coefficient (Wildman–Crippen LogP) is 2.29. The minimum absolute atomic E-state index is 0.0974. The summed E-state index contributed by atoms with van der Waals surface area (Å²) in [6, 6.07) is 7.19. The van der Waals surface area contributed by atoms with Gasteiger partial charge in [0.05, 0.1) is 12.8 Å². The third kappa shape index (κ3) is 3.85. The van der Waals surface area contributed by atoms with Crippen LogP contribution in [0.4, 0.5) is 0 Å². The highest BCUT2D eigenvalue weighted by atomic mass is 16.5. The number of para-hydroxylation sites is 2. The van der Waals surface area contributed by atoms with Crippen LogP contribution in [-0.2, 0) is 4.79 Å². The van der Waals surface area contributed by atoms with Crippen LogP contribution in [0.3, 0.4) is 0 Å². The van der Waals surface area contributed by atoms with Crippen LogP contribution in [-0.4, -0.2) is 25.3 Å². The van der Waals surface area contributed by atoms with Gasteiger partial charge in [-0.25, -0.2) is 5.43 Å². The molecule has 1 N–H and O–H groups in total. The maximum absolute atomic E-state index is 11.6. The Morgan fingerprint density at radius 2 is 2.05 bits per heavy atom. The number of nitrogens with zero attached hydrogens (tertiary/aromatic N) is 1. The molecule has 1 aliphatic carbocycles. The van der Waals surface area contributed by atoms with Gasteiger partial charge in [-0.05, 0) is 38.0 Å². The van der Waals surface area contributed by atoms with Crippen molar-refractivity contribution in [2.45, 2.75) is 19.8 Å². The van der Waals surface area contributed by atoms with Crippen molar-refractivity contribution < 1.29 is 14.3 Å². The fourth-order valence-corrected chi connectivity index (χ4v) is 1.89. The van der Waals surface area contributed by atoms with Crippen LogP contribution in [0, 0.1) is 0 Å². The number of hydrogen-bond acceptors (Lipinski definition) is 4. The fourth-order valence-electron chi connectivity index (χ4n) is 1.89. The number of rotatable bonds is 5. The SMILES string of the molecule is COc1ccccc1OCC(=O)N/N=C1\C=C(C)CC1. The van der Waals surface area contributed by atoms with Gasteiger partial charge in [-0.3, -0.25) is 4.79 Å². The van der Waals surface area contributed by atoms with Gasteiger partial charge in [-0.1, -0.05) is 17.7 Å². The molecule has 20 heavy (non-hydrogen) atoms. The van der Waals surface area contributed by atoms with Crippen LogP contribution in [0.2, 0.25) is 0 Å². The molecule has 5 nitrogen and oxygen atoms in total. The molecule has 0 unspecified atom stereocenters. The number of nitrogens with one attached hydrogen (secondary N) is 1. The minimum atomic E-state index is -0.290. The Balaban J connectivity index is 1.83. The number of carbonyl (C=O) groups excluding carboxylic acids is 1. The highest BCUT2D eigenvalue weighted by molar-refractivity contribution is 5.98. The number of allylic oxidation sites excluding steroid dienone is 2. The van der Waals surface area contributed by atoms with Crippen molar-refractivity contribution >= 4 is 11.6 Å². The molecule has 1 aromatic carbocycles. The van der Waals surface area contributed by atoms with Crippen molar-refractivity contribution in [1.29, 1.82) is 0 Å². The molecule has 0 aromatic heterocycles. The minimum Gasteiger partial charge on any atom is -0.493 e. The van der Waals surface area contributed by atoms with Gasteiger partial charge >= 0.3 is 0 Å². The fraction of sp³-hybridized carbons (Fsp3) is 0.333. The first-order valence-corrected chi connectivity index (χ1v) is 6.47. The normalized spacial score (nSPS) is 15.9. The monoisotopic (exact) mass is 274 g/mol. The maximum atomic E-state index is 11.6. The lowest BCUT2D eigenvalue weighted by Gasteiger charge is -2.09. The van der Waals surface area contributed by atoms with Crippen LogP contribution >= 0.6 is 0 Å². The molecule has 0 saturated heterocycles. The van der Waals surface area contributed by atoms with Gasteiger partial charge in [-0.15, -0.1) is 0 Å². The first kappa shape index (κ1) is 14.1. The number of hydrazone groups is 1. The number of ether oxygens (including phenoxy) is 2. The molecule has 2 rings (SSSR count). The molecule has 5 heteroatoms. The van der Waals surface area contributed by atoms with Crippen molar-refractivity contribution in [2.75, 3.05) is 13.7 Å². The van der Waals surface area contributed by atoms with Crippen LogP contribution in [0.1, 0.15) is 19.8 Å². The van der Waals surface area contributed by atoms with Crippen molar-refractivity contribution in [3.05, 3.63) is 35.9 Å². The Kier molecular flexibility index (Phi) is 4.76. The smallest absolute Gasteiger partial charge is 0.277 e. The van der Waals surface area contributed by atoms with E-state index in [0.29, 0.717) is 11.5 Å². The van der Waals surface area contributed by atoms with E-state index in [1.54, 1.807) is 19.2 Å². The summed E-state index contributed by atoms with van der Waals surface area (Å²) in [6.07, 6.45) is 3.87. The number of methoxy groups -OCH3 is 1. The van der Waals surface area contributed by atoms with Gasteiger partial charge in [0.15, 0.2) is 18.1 Å². The zero-order valence-corrected chi connectivity index (χ0v) is 11.7. The largest absolute Gasteiger partial charge is 0.493 e. The summed E-state index contributed by atoms with van der Waals surface area (Å²) in [5.74, 6) is 0.844. The summed E-state index contributed by atoms with van der Waals surface area (Å²) in [4.78, 5) is 11.6. The van der Waals surface area contributed by atoms with Crippen molar-refractivity contribution in [1.82, 2.24) is 5.43 Å². The molecule has 0 aliphatic heterocycles. The van der Waals surface area contributed by atoms with Crippen LogP contribution < -0.4 is 14.9 Å². The lowest BCUT2D eigenvalue weighted by Crippen LogP contribution is -2.25. The lowest BCUT2D eigenvalue weighted by molar-refractivity contribution is -0.123. The van der Waals surface area contributed by atoms with Gasteiger partial charge in [0, 0.05) is 0 Å². The summed E-state index contributed by atoms with van der Waals surface area (Å²) in [5, 5.41) is 4.06. The Morgan fingerprint density at radius 1 is 1.30 bits per heavy atom. The first-order valence-electron chi connectivity index (χ1n) is 6.47. The highest BCUT2D eigenvalue weighted by Gasteiger charge is 2.09. The maximum Gasteiger partial charge on any atom is 0.277 e. The van der Waals surface area contributed by atoms with Gasteiger partial charge < -0.3 is 9.47 Å². The molecule has 0 spiro atoms. The molecule has 0 saturated carbocycles. The number of hydrogen-bond donors (Lipinski definition) is 1. The molecule has 0 radical (unpaired) electrons. The van der Waals surface area contributed by atoms with E-state index in [9.17, 15) is 4.79 Å². The van der Waals surface area contributed by atoms with E-state index in [2.05, 4.69) is 17.5 Å². The van der Waals surface area contributed by atoms with E-state index in [1.165, 1.54) is 5.57 Å². The van der Waals surface area contributed by atoms with Crippen molar-refractivity contribution in [2.24, 2.45) is 5.10 Å². The molecule has 1 aliphatic rings. The zero-order chi connectivity index (χ0) is 14.4. The predicted molar refractivity (Wildman–Crippen MR) is 77.1 cm³/mol. The lowest BCUT2D eigenvalue weighted by atomic mass is 10.3. The summed E-state index contributed by atoms with van der Waals surface area (Å²) in [5.41, 5.74) is 4.67. The molecule has 106 valence electrons. The average Bonchev–Trinajstić information content (AvgIpc) is 2.89. The average molecular weight is 274 g/mol. The van der Waals surface area contributed by atoms with Gasteiger partial charge in [0.1, 0.15) is 0 Å². The number of amides is 1. The molecule has 0 atom stereocenters. The van der Waals surface area contributed by atoms with Crippen molar-refractivity contribution in [3.63, 3.8) is 0 Å². The first-order chi connectivity index (χ1) is 9.69. The third-order valence-corrected chi connectivity index (χ3v) is 2.94.